The highest BCUT2D eigenvalue weighted by atomic mass is 16.3. The minimum absolute atomic E-state index is 0.0341. The maximum absolute atomic E-state index is 11.8. The minimum atomic E-state index is -0.683. The summed E-state index contributed by atoms with van der Waals surface area (Å²) in [5, 5.41) is 14.3. The smallest absolute Gasteiger partial charge is 0.309 e. The van der Waals surface area contributed by atoms with Crippen molar-refractivity contribution in [3.05, 3.63) is 35.9 Å². The molecular weight excluding hydrogens is 294 g/mol. The Labute approximate surface area is 136 Å². The molecule has 1 aromatic rings. The summed E-state index contributed by atoms with van der Waals surface area (Å²) >= 11 is 0. The summed E-state index contributed by atoms with van der Waals surface area (Å²) in [6, 6.07) is 10.3. The Morgan fingerprint density at radius 2 is 1.87 bits per heavy atom. The van der Waals surface area contributed by atoms with Gasteiger partial charge in [-0.1, -0.05) is 30.3 Å². The normalized spacial score (nSPS) is 17.5. The van der Waals surface area contributed by atoms with Crippen LogP contribution in [0, 0.1) is 0 Å². The fourth-order valence-electron chi connectivity index (χ4n) is 2.65. The summed E-state index contributed by atoms with van der Waals surface area (Å²) in [5.41, 5.74) is 1.28. The van der Waals surface area contributed by atoms with Crippen LogP contribution in [0.25, 0.3) is 0 Å². The average molecular weight is 319 g/mol. The number of likely N-dealkylation sites (tertiary alicyclic amines) is 1. The van der Waals surface area contributed by atoms with Gasteiger partial charge in [0.05, 0.1) is 6.10 Å². The SMILES string of the molecule is CC(O)CNC(=O)C(=O)NC1CCN(Cc2ccccc2)CC1. The monoisotopic (exact) mass is 319 g/mol. The second-order valence-corrected chi connectivity index (χ2v) is 6.07. The van der Waals surface area contributed by atoms with E-state index in [1.165, 1.54) is 5.56 Å². The number of carbonyl (C=O) groups is 2. The highest BCUT2D eigenvalue weighted by molar-refractivity contribution is 6.35. The van der Waals surface area contributed by atoms with Crippen molar-refractivity contribution in [1.82, 2.24) is 15.5 Å². The predicted molar refractivity (Wildman–Crippen MR) is 87.6 cm³/mol. The number of piperidine rings is 1. The lowest BCUT2D eigenvalue weighted by molar-refractivity contribution is -0.140. The van der Waals surface area contributed by atoms with Crippen molar-refractivity contribution in [3.63, 3.8) is 0 Å². The van der Waals surface area contributed by atoms with Crippen LogP contribution in [0.1, 0.15) is 25.3 Å². The summed E-state index contributed by atoms with van der Waals surface area (Å²) in [4.78, 5) is 25.7. The first-order valence-electron chi connectivity index (χ1n) is 8.07. The Morgan fingerprint density at radius 3 is 2.48 bits per heavy atom. The number of hydrogen-bond donors (Lipinski definition) is 3. The Bertz CT molecular complexity index is 511. The summed E-state index contributed by atoms with van der Waals surface area (Å²) < 4.78 is 0. The second-order valence-electron chi connectivity index (χ2n) is 6.07. The molecule has 6 nitrogen and oxygen atoms in total. The fourth-order valence-corrected chi connectivity index (χ4v) is 2.65. The highest BCUT2D eigenvalue weighted by Crippen LogP contribution is 2.13. The number of rotatable bonds is 5. The molecule has 0 radical (unpaired) electrons. The zero-order valence-electron chi connectivity index (χ0n) is 13.5. The van der Waals surface area contributed by atoms with E-state index < -0.39 is 17.9 Å². The van der Waals surface area contributed by atoms with E-state index in [2.05, 4.69) is 27.7 Å². The molecule has 1 saturated heterocycles. The van der Waals surface area contributed by atoms with E-state index in [9.17, 15) is 9.59 Å². The van der Waals surface area contributed by atoms with Crippen molar-refractivity contribution in [2.24, 2.45) is 0 Å². The fraction of sp³-hybridized carbons (Fsp3) is 0.529. The molecule has 3 N–H and O–H groups in total. The van der Waals surface area contributed by atoms with Crippen molar-refractivity contribution < 1.29 is 14.7 Å². The van der Waals surface area contributed by atoms with Crippen LogP contribution in [-0.4, -0.2) is 53.6 Å². The van der Waals surface area contributed by atoms with Gasteiger partial charge in [0.15, 0.2) is 0 Å². The van der Waals surface area contributed by atoms with Crippen LogP contribution in [0.4, 0.5) is 0 Å². The van der Waals surface area contributed by atoms with Crippen LogP contribution >= 0.6 is 0 Å². The van der Waals surface area contributed by atoms with Crippen LogP contribution in [0.5, 0.6) is 0 Å². The number of aliphatic hydroxyl groups is 1. The molecule has 0 saturated carbocycles. The first-order chi connectivity index (χ1) is 11.0. The van der Waals surface area contributed by atoms with Gasteiger partial charge in [0.2, 0.25) is 0 Å². The number of nitrogens with one attached hydrogen (secondary N) is 2. The Balaban J connectivity index is 1.70. The van der Waals surface area contributed by atoms with E-state index >= 15 is 0 Å². The molecule has 0 spiro atoms. The summed E-state index contributed by atoms with van der Waals surface area (Å²) in [5.74, 6) is -1.30. The van der Waals surface area contributed by atoms with E-state index in [1.807, 2.05) is 18.2 Å². The van der Waals surface area contributed by atoms with Crippen molar-refractivity contribution in [3.8, 4) is 0 Å². The number of aliphatic hydroxyl groups excluding tert-OH is 1. The van der Waals surface area contributed by atoms with Crippen LogP contribution in [0.15, 0.2) is 30.3 Å². The van der Waals surface area contributed by atoms with Crippen LogP contribution in [-0.2, 0) is 16.1 Å². The van der Waals surface area contributed by atoms with Crippen molar-refractivity contribution in [2.45, 2.75) is 38.5 Å². The molecule has 2 amide bonds. The van der Waals surface area contributed by atoms with Gasteiger partial charge < -0.3 is 15.7 Å². The third-order valence-electron chi connectivity index (χ3n) is 3.94. The molecule has 1 atom stereocenters. The zero-order chi connectivity index (χ0) is 16.7. The third kappa shape index (κ3) is 6.00. The Morgan fingerprint density at radius 1 is 1.22 bits per heavy atom. The van der Waals surface area contributed by atoms with Gasteiger partial charge in [0.25, 0.3) is 0 Å². The molecule has 1 aliphatic rings. The summed E-state index contributed by atoms with van der Waals surface area (Å²) in [6.07, 6.45) is 1.01. The van der Waals surface area contributed by atoms with E-state index in [0.29, 0.717) is 0 Å². The van der Waals surface area contributed by atoms with E-state index in [1.54, 1.807) is 6.92 Å². The maximum Gasteiger partial charge on any atom is 0.309 e. The van der Waals surface area contributed by atoms with Crippen molar-refractivity contribution in [2.75, 3.05) is 19.6 Å². The number of hydrogen-bond acceptors (Lipinski definition) is 4. The lowest BCUT2D eigenvalue weighted by Gasteiger charge is -2.32. The summed E-state index contributed by atoms with van der Waals surface area (Å²) in [6.45, 7) is 4.35. The van der Waals surface area contributed by atoms with Gasteiger partial charge in [-0.25, -0.2) is 0 Å². The number of benzene rings is 1. The average Bonchev–Trinajstić information content (AvgIpc) is 2.55. The Kier molecular flexibility index (Phi) is 6.55. The highest BCUT2D eigenvalue weighted by Gasteiger charge is 2.23. The lowest BCUT2D eigenvalue weighted by Crippen LogP contribution is -2.49. The molecular formula is C17H25N3O3. The number of amides is 2. The van der Waals surface area contributed by atoms with Crippen molar-refractivity contribution in [1.29, 1.82) is 0 Å². The lowest BCUT2D eigenvalue weighted by atomic mass is 10.0. The van der Waals surface area contributed by atoms with E-state index in [0.717, 1.165) is 32.5 Å². The molecule has 0 bridgehead atoms. The van der Waals surface area contributed by atoms with Gasteiger partial charge in [-0.2, -0.15) is 0 Å². The molecule has 1 unspecified atom stereocenters. The first-order valence-corrected chi connectivity index (χ1v) is 8.07. The van der Waals surface area contributed by atoms with Gasteiger partial charge >= 0.3 is 11.8 Å². The molecule has 0 aromatic heterocycles. The zero-order valence-corrected chi connectivity index (χ0v) is 13.5. The molecule has 1 fully saturated rings. The molecule has 1 aliphatic heterocycles. The van der Waals surface area contributed by atoms with Crippen molar-refractivity contribution >= 4 is 11.8 Å². The van der Waals surface area contributed by atoms with Crippen LogP contribution < -0.4 is 10.6 Å². The second kappa shape index (κ2) is 8.64. The first kappa shape index (κ1) is 17.4. The molecule has 1 aromatic carbocycles. The number of carbonyl (C=O) groups excluding carboxylic acids is 2. The quantitative estimate of drug-likeness (QED) is 0.680. The van der Waals surface area contributed by atoms with Gasteiger partial charge in [0.1, 0.15) is 0 Å². The largest absolute Gasteiger partial charge is 0.392 e. The van der Waals surface area contributed by atoms with Gasteiger partial charge in [-0.3, -0.25) is 14.5 Å². The van der Waals surface area contributed by atoms with Crippen LogP contribution in [0.2, 0.25) is 0 Å². The molecule has 6 heteroatoms. The molecule has 2 rings (SSSR count). The number of nitrogens with zero attached hydrogens (tertiary/aromatic N) is 1. The van der Waals surface area contributed by atoms with Gasteiger partial charge in [0, 0.05) is 32.2 Å². The van der Waals surface area contributed by atoms with Gasteiger partial charge in [-0.15, -0.1) is 0 Å². The van der Waals surface area contributed by atoms with E-state index in [-0.39, 0.29) is 12.6 Å². The van der Waals surface area contributed by atoms with E-state index in [4.69, 9.17) is 5.11 Å². The minimum Gasteiger partial charge on any atom is -0.392 e. The van der Waals surface area contributed by atoms with Crippen LogP contribution in [0.3, 0.4) is 0 Å². The van der Waals surface area contributed by atoms with Gasteiger partial charge in [-0.05, 0) is 25.3 Å². The molecule has 1 heterocycles. The predicted octanol–water partition coefficient (Wildman–Crippen LogP) is 0.264. The third-order valence-corrected chi connectivity index (χ3v) is 3.94. The molecule has 126 valence electrons. The standard InChI is InChI=1S/C17H25N3O3/c1-13(21)11-18-16(22)17(23)19-15-7-9-20(10-8-15)12-14-5-3-2-4-6-14/h2-6,13,15,21H,7-12H2,1H3,(H,18,22)(H,19,23). The summed E-state index contributed by atoms with van der Waals surface area (Å²) in [7, 11) is 0. The maximum atomic E-state index is 11.8. The Hall–Kier alpha value is -1.92. The molecule has 0 aliphatic carbocycles. The molecule has 23 heavy (non-hydrogen) atoms. The topological polar surface area (TPSA) is 81.7 Å².